The van der Waals surface area contributed by atoms with Crippen molar-refractivity contribution >= 4 is 5.97 Å². The van der Waals surface area contributed by atoms with Crippen molar-refractivity contribution in [3.8, 4) is 0 Å². The number of esters is 1. The number of carbonyl (C=O) groups is 1. The van der Waals surface area contributed by atoms with Crippen molar-refractivity contribution in [2.24, 2.45) is 5.92 Å². The highest BCUT2D eigenvalue weighted by Gasteiger charge is 2.19. The summed E-state index contributed by atoms with van der Waals surface area (Å²) in [5.41, 5.74) is 1.28. The van der Waals surface area contributed by atoms with E-state index in [4.69, 9.17) is 4.74 Å². The first-order valence-corrected chi connectivity index (χ1v) is 6.48. The summed E-state index contributed by atoms with van der Waals surface area (Å²) < 4.78 is 4.81. The van der Waals surface area contributed by atoms with Crippen LogP contribution in [0.5, 0.6) is 0 Å². The third-order valence-corrected chi connectivity index (χ3v) is 2.84. The Bertz CT molecular complexity index is 349. The van der Waals surface area contributed by atoms with Gasteiger partial charge in [-0.15, -0.1) is 0 Å². The molecule has 18 heavy (non-hydrogen) atoms. The zero-order chi connectivity index (χ0) is 13.4. The second-order valence-corrected chi connectivity index (χ2v) is 4.90. The summed E-state index contributed by atoms with van der Waals surface area (Å²) in [4.78, 5) is 11.6. The van der Waals surface area contributed by atoms with Crippen LogP contribution in [0.4, 0.5) is 0 Å². The van der Waals surface area contributed by atoms with Gasteiger partial charge in [0.1, 0.15) is 6.04 Å². The first kappa shape index (κ1) is 14.7. The van der Waals surface area contributed by atoms with Gasteiger partial charge in [0.2, 0.25) is 0 Å². The Labute approximate surface area is 110 Å². The average Bonchev–Trinajstić information content (AvgIpc) is 2.37. The molecule has 0 bridgehead atoms. The quantitative estimate of drug-likeness (QED) is 0.754. The van der Waals surface area contributed by atoms with Gasteiger partial charge in [0, 0.05) is 0 Å². The van der Waals surface area contributed by atoms with Gasteiger partial charge in [-0.25, -0.2) is 0 Å². The molecule has 1 aromatic rings. The predicted octanol–water partition coefficient (Wildman–Crippen LogP) is 2.41. The molecule has 100 valence electrons. The number of benzene rings is 1. The van der Waals surface area contributed by atoms with Gasteiger partial charge in [0.25, 0.3) is 0 Å². The predicted molar refractivity (Wildman–Crippen MR) is 73.4 cm³/mol. The van der Waals surface area contributed by atoms with Crippen molar-refractivity contribution in [2.45, 2.75) is 32.7 Å². The maximum atomic E-state index is 11.6. The molecule has 1 unspecified atom stereocenters. The van der Waals surface area contributed by atoms with E-state index in [0.29, 0.717) is 5.92 Å². The minimum Gasteiger partial charge on any atom is -0.468 e. The second kappa shape index (κ2) is 7.88. The Hall–Kier alpha value is -1.35. The van der Waals surface area contributed by atoms with Crippen LogP contribution in [0.1, 0.15) is 25.8 Å². The lowest BCUT2D eigenvalue weighted by molar-refractivity contribution is -0.143. The van der Waals surface area contributed by atoms with Gasteiger partial charge in [-0.1, -0.05) is 44.2 Å². The molecular weight excluding hydrogens is 226 g/mol. The highest BCUT2D eigenvalue weighted by molar-refractivity contribution is 5.75. The van der Waals surface area contributed by atoms with E-state index >= 15 is 0 Å². The maximum Gasteiger partial charge on any atom is 0.322 e. The second-order valence-electron chi connectivity index (χ2n) is 4.90. The summed E-state index contributed by atoms with van der Waals surface area (Å²) in [6.45, 7) is 5.00. The smallest absolute Gasteiger partial charge is 0.322 e. The molecule has 0 aliphatic carbocycles. The number of carbonyl (C=O) groups excluding carboxylic acids is 1. The van der Waals surface area contributed by atoms with E-state index in [2.05, 4.69) is 31.3 Å². The van der Waals surface area contributed by atoms with Crippen molar-refractivity contribution in [1.29, 1.82) is 0 Å². The largest absolute Gasteiger partial charge is 0.468 e. The number of ether oxygens (including phenoxy) is 1. The van der Waals surface area contributed by atoms with E-state index in [1.54, 1.807) is 0 Å². The monoisotopic (exact) mass is 249 g/mol. The molecule has 3 heteroatoms. The van der Waals surface area contributed by atoms with Crippen LogP contribution < -0.4 is 5.32 Å². The lowest BCUT2D eigenvalue weighted by Crippen LogP contribution is -2.39. The van der Waals surface area contributed by atoms with Gasteiger partial charge in [0.15, 0.2) is 0 Å². The van der Waals surface area contributed by atoms with Gasteiger partial charge in [-0.3, -0.25) is 4.79 Å². The third kappa shape index (κ3) is 5.32. The number of hydrogen-bond donors (Lipinski definition) is 1. The van der Waals surface area contributed by atoms with E-state index in [9.17, 15) is 4.79 Å². The van der Waals surface area contributed by atoms with Gasteiger partial charge in [0.05, 0.1) is 7.11 Å². The van der Waals surface area contributed by atoms with Crippen molar-refractivity contribution in [3.05, 3.63) is 35.9 Å². The van der Waals surface area contributed by atoms with Crippen LogP contribution in [0.25, 0.3) is 0 Å². The molecule has 0 heterocycles. The minimum atomic E-state index is -0.196. The van der Waals surface area contributed by atoms with Crippen molar-refractivity contribution in [3.63, 3.8) is 0 Å². The summed E-state index contributed by atoms with van der Waals surface area (Å²) in [6, 6.07) is 10.1. The Morgan fingerprint density at radius 1 is 1.28 bits per heavy atom. The molecule has 3 nitrogen and oxygen atoms in total. The minimum absolute atomic E-state index is 0.170. The van der Waals surface area contributed by atoms with Gasteiger partial charge < -0.3 is 10.1 Å². The molecular formula is C15H23NO2. The standard InChI is InChI=1S/C15H23NO2/c1-12(2)11-14(15(17)18-3)16-10-9-13-7-5-4-6-8-13/h4-8,12,14,16H,9-11H2,1-3H3. The number of rotatable bonds is 7. The fourth-order valence-corrected chi connectivity index (χ4v) is 1.91. The zero-order valence-corrected chi connectivity index (χ0v) is 11.5. The Morgan fingerprint density at radius 3 is 2.50 bits per heavy atom. The lowest BCUT2D eigenvalue weighted by Gasteiger charge is -2.18. The van der Waals surface area contributed by atoms with Crippen LogP contribution >= 0.6 is 0 Å². The number of hydrogen-bond acceptors (Lipinski definition) is 3. The van der Waals surface area contributed by atoms with Crippen LogP contribution in [0.3, 0.4) is 0 Å². The fourth-order valence-electron chi connectivity index (χ4n) is 1.91. The molecule has 0 radical (unpaired) electrons. The Kier molecular flexibility index (Phi) is 6.44. The molecule has 1 rings (SSSR count). The molecule has 0 amide bonds. The topological polar surface area (TPSA) is 38.3 Å². The highest BCUT2D eigenvalue weighted by atomic mass is 16.5. The summed E-state index contributed by atoms with van der Waals surface area (Å²) in [5, 5.41) is 3.28. The SMILES string of the molecule is COC(=O)C(CC(C)C)NCCc1ccccc1. The van der Waals surface area contributed by atoms with Crippen LogP contribution in [-0.4, -0.2) is 25.7 Å². The molecule has 0 saturated carbocycles. The van der Waals surface area contributed by atoms with Crippen molar-refractivity contribution < 1.29 is 9.53 Å². The van der Waals surface area contributed by atoms with Crippen molar-refractivity contribution in [2.75, 3.05) is 13.7 Å². The Balaban J connectivity index is 2.40. The van der Waals surface area contributed by atoms with E-state index in [0.717, 1.165) is 19.4 Å². The maximum absolute atomic E-state index is 11.6. The van der Waals surface area contributed by atoms with Gasteiger partial charge in [-0.05, 0) is 30.9 Å². The molecule has 1 N–H and O–H groups in total. The van der Waals surface area contributed by atoms with Gasteiger partial charge >= 0.3 is 5.97 Å². The lowest BCUT2D eigenvalue weighted by atomic mass is 10.0. The Morgan fingerprint density at radius 2 is 1.94 bits per heavy atom. The number of nitrogens with one attached hydrogen (secondary N) is 1. The zero-order valence-electron chi connectivity index (χ0n) is 11.5. The van der Waals surface area contributed by atoms with Crippen LogP contribution in [0.2, 0.25) is 0 Å². The molecule has 1 aromatic carbocycles. The molecule has 1 atom stereocenters. The third-order valence-electron chi connectivity index (χ3n) is 2.84. The normalized spacial score (nSPS) is 12.4. The summed E-state index contributed by atoms with van der Waals surface area (Å²) in [6.07, 6.45) is 1.73. The van der Waals surface area contributed by atoms with E-state index < -0.39 is 0 Å². The molecule has 0 fully saturated rings. The molecule has 0 saturated heterocycles. The van der Waals surface area contributed by atoms with Crippen LogP contribution in [0.15, 0.2) is 30.3 Å². The summed E-state index contributed by atoms with van der Waals surface area (Å²) in [7, 11) is 1.44. The van der Waals surface area contributed by atoms with E-state index in [1.807, 2.05) is 18.2 Å². The summed E-state index contributed by atoms with van der Waals surface area (Å²) in [5.74, 6) is 0.301. The number of methoxy groups -OCH3 is 1. The molecule has 0 spiro atoms. The highest BCUT2D eigenvalue weighted by Crippen LogP contribution is 2.06. The molecule has 0 aliphatic heterocycles. The molecule has 0 aromatic heterocycles. The van der Waals surface area contributed by atoms with E-state index in [1.165, 1.54) is 12.7 Å². The van der Waals surface area contributed by atoms with Crippen molar-refractivity contribution in [1.82, 2.24) is 5.32 Å². The summed E-state index contributed by atoms with van der Waals surface area (Å²) >= 11 is 0. The van der Waals surface area contributed by atoms with E-state index in [-0.39, 0.29) is 12.0 Å². The first-order chi connectivity index (χ1) is 8.63. The van der Waals surface area contributed by atoms with Gasteiger partial charge in [-0.2, -0.15) is 0 Å². The fraction of sp³-hybridized carbons (Fsp3) is 0.533. The average molecular weight is 249 g/mol. The molecule has 0 aliphatic rings. The van der Waals surface area contributed by atoms with Crippen LogP contribution in [-0.2, 0) is 16.0 Å². The van der Waals surface area contributed by atoms with Crippen LogP contribution in [0, 0.1) is 5.92 Å². The first-order valence-electron chi connectivity index (χ1n) is 6.48.